The van der Waals surface area contributed by atoms with E-state index >= 15 is 0 Å². The molecule has 0 aliphatic heterocycles. The largest absolute Gasteiger partial charge is 2.00 e. The number of halogens is 2. The van der Waals surface area contributed by atoms with Crippen LogP contribution in [0.15, 0.2) is 0 Å². The predicted molar refractivity (Wildman–Crippen MR) is 55.0 cm³/mol. The van der Waals surface area contributed by atoms with Crippen LogP contribution in [0, 0.1) is 11.8 Å². The van der Waals surface area contributed by atoms with E-state index < -0.39 is 0 Å². The average Bonchev–Trinajstić information content (AvgIpc) is 1.25. The van der Waals surface area contributed by atoms with Crippen LogP contribution in [0.25, 0.3) is 0 Å². The molecule has 0 aromatic rings. The Morgan fingerprint density at radius 2 is 0.545 bits per heavy atom. The zero-order chi connectivity index (χ0) is 7.15. The van der Waals surface area contributed by atoms with Gasteiger partial charge in [0.2, 0.25) is 0 Å². The molecule has 0 saturated heterocycles. The SMILES string of the molecule is C[C-](C)C.C[C-](C)C.Cl.Cl.[Ti+2]. The summed E-state index contributed by atoms with van der Waals surface area (Å²) < 4.78 is 0. The van der Waals surface area contributed by atoms with Crippen molar-refractivity contribution < 1.29 is 21.7 Å². The van der Waals surface area contributed by atoms with Crippen molar-refractivity contribution >= 4 is 24.8 Å². The van der Waals surface area contributed by atoms with E-state index in [0.717, 1.165) is 0 Å². The van der Waals surface area contributed by atoms with Crippen LogP contribution in [0.5, 0.6) is 0 Å². The Hall–Kier alpha value is 1.29. The van der Waals surface area contributed by atoms with Crippen molar-refractivity contribution in [1.29, 1.82) is 0 Å². The Labute approximate surface area is 99.6 Å². The molecular weight excluding hydrogens is 215 g/mol. The normalized spacial score (nSPS) is 6.55. The van der Waals surface area contributed by atoms with Crippen molar-refractivity contribution in [3.05, 3.63) is 11.8 Å². The first kappa shape index (κ1) is 29.5. The zero-order valence-corrected chi connectivity index (χ0v) is 11.5. The standard InChI is InChI=1S/2C4H9.2ClH.Ti/c2*1-4(2)3;;;/h2*1-3H3;2*1H;/q2*-1;;;+2. The molecule has 70 valence electrons. The molecule has 0 aliphatic carbocycles. The van der Waals surface area contributed by atoms with Gasteiger partial charge in [0.25, 0.3) is 0 Å². The molecule has 0 N–H and O–H groups in total. The number of hydrogen-bond donors (Lipinski definition) is 0. The summed E-state index contributed by atoms with van der Waals surface area (Å²) in [5.41, 5.74) is 0. The minimum Gasteiger partial charge on any atom is -0.323 e. The van der Waals surface area contributed by atoms with Gasteiger partial charge in [0, 0.05) is 0 Å². The van der Waals surface area contributed by atoms with Crippen LogP contribution in [0.3, 0.4) is 0 Å². The van der Waals surface area contributed by atoms with Crippen LogP contribution in [0.2, 0.25) is 0 Å². The first-order chi connectivity index (χ1) is 3.46. The zero-order valence-electron chi connectivity index (χ0n) is 8.32. The molecular formula is C8H20Cl2Ti. The van der Waals surface area contributed by atoms with E-state index in [1.54, 1.807) is 0 Å². The average molecular weight is 235 g/mol. The molecule has 0 fully saturated rings. The maximum Gasteiger partial charge on any atom is 2.00 e. The van der Waals surface area contributed by atoms with E-state index in [0.29, 0.717) is 0 Å². The maximum atomic E-state index is 2.08. The molecule has 11 heavy (non-hydrogen) atoms. The van der Waals surface area contributed by atoms with Crippen LogP contribution in [0.1, 0.15) is 41.5 Å². The molecule has 0 saturated carbocycles. The summed E-state index contributed by atoms with van der Waals surface area (Å²) in [7, 11) is 0. The summed E-state index contributed by atoms with van der Waals surface area (Å²) in [6, 6.07) is 0. The Bertz CT molecular complexity index is 27.6. The third-order valence-corrected chi connectivity index (χ3v) is 0. The Balaban J connectivity index is -0.0000000171. The van der Waals surface area contributed by atoms with E-state index in [4.69, 9.17) is 0 Å². The Kier molecular flexibility index (Phi) is 60.3. The van der Waals surface area contributed by atoms with Gasteiger partial charge in [-0.05, 0) is 0 Å². The van der Waals surface area contributed by atoms with Gasteiger partial charge in [-0.2, -0.15) is 41.5 Å². The van der Waals surface area contributed by atoms with Crippen molar-refractivity contribution in [1.82, 2.24) is 0 Å². The molecule has 0 aromatic carbocycles. The molecule has 3 heteroatoms. The van der Waals surface area contributed by atoms with E-state index in [2.05, 4.69) is 41.5 Å². The fourth-order valence-corrected chi connectivity index (χ4v) is 0. The Morgan fingerprint density at radius 1 is 0.545 bits per heavy atom. The van der Waals surface area contributed by atoms with Gasteiger partial charge >= 0.3 is 21.7 Å². The van der Waals surface area contributed by atoms with Crippen LogP contribution in [0.4, 0.5) is 0 Å². The molecule has 0 rings (SSSR count). The summed E-state index contributed by atoms with van der Waals surface area (Å²) in [6.45, 7) is 12.5. The second-order valence-corrected chi connectivity index (χ2v) is 3.00. The summed E-state index contributed by atoms with van der Waals surface area (Å²) >= 11 is 0. The molecule has 0 amide bonds. The second kappa shape index (κ2) is 22.5. The first-order valence-corrected chi connectivity index (χ1v) is 3.00. The van der Waals surface area contributed by atoms with E-state index in [-0.39, 0.29) is 46.5 Å². The smallest absolute Gasteiger partial charge is 0.323 e. The molecule has 0 aliphatic rings. The van der Waals surface area contributed by atoms with Gasteiger partial charge in [0.15, 0.2) is 0 Å². The number of hydrogen-bond acceptors (Lipinski definition) is 0. The summed E-state index contributed by atoms with van der Waals surface area (Å²) in [5.74, 6) is 2.83. The van der Waals surface area contributed by atoms with Crippen molar-refractivity contribution in [2.45, 2.75) is 41.5 Å². The van der Waals surface area contributed by atoms with E-state index in [1.807, 2.05) is 0 Å². The third-order valence-electron chi connectivity index (χ3n) is 0. The molecule has 0 bridgehead atoms. The third kappa shape index (κ3) is 582. The molecule has 0 unspecified atom stereocenters. The molecule has 0 aromatic heterocycles. The summed E-state index contributed by atoms with van der Waals surface area (Å²) in [6.07, 6.45) is 0. The van der Waals surface area contributed by atoms with Gasteiger partial charge in [-0.15, -0.1) is 24.8 Å². The van der Waals surface area contributed by atoms with Crippen LogP contribution in [-0.2, 0) is 21.7 Å². The molecule has 0 spiro atoms. The predicted octanol–water partition coefficient (Wildman–Crippen LogP) is 4.08. The molecule has 0 atom stereocenters. The molecule has 0 heterocycles. The van der Waals surface area contributed by atoms with Gasteiger partial charge in [0.1, 0.15) is 0 Å². The van der Waals surface area contributed by atoms with Crippen LogP contribution in [-0.4, -0.2) is 0 Å². The minimum atomic E-state index is 0. The van der Waals surface area contributed by atoms with E-state index in [1.165, 1.54) is 11.8 Å². The van der Waals surface area contributed by atoms with Gasteiger partial charge in [-0.1, -0.05) is 0 Å². The van der Waals surface area contributed by atoms with Crippen molar-refractivity contribution in [2.24, 2.45) is 0 Å². The van der Waals surface area contributed by atoms with Crippen molar-refractivity contribution in [2.75, 3.05) is 0 Å². The van der Waals surface area contributed by atoms with Gasteiger partial charge in [-0.25, -0.2) is 0 Å². The van der Waals surface area contributed by atoms with Gasteiger partial charge in [0.05, 0.1) is 0 Å². The van der Waals surface area contributed by atoms with Gasteiger partial charge in [-0.3, -0.25) is 0 Å². The van der Waals surface area contributed by atoms with E-state index in [9.17, 15) is 0 Å². The topological polar surface area (TPSA) is 0 Å². The summed E-state index contributed by atoms with van der Waals surface area (Å²) in [4.78, 5) is 0. The Morgan fingerprint density at radius 3 is 0.545 bits per heavy atom. The first-order valence-electron chi connectivity index (χ1n) is 3.00. The fourth-order valence-electron chi connectivity index (χ4n) is 0. The van der Waals surface area contributed by atoms with Crippen molar-refractivity contribution in [3.8, 4) is 0 Å². The van der Waals surface area contributed by atoms with Crippen LogP contribution < -0.4 is 0 Å². The summed E-state index contributed by atoms with van der Waals surface area (Å²) in [5, 5.41) is 0. The quantitative estimate of drug-likeness (QED) is 0.438. The van der Waals surface area contributed by atoms with Crippen LogP contribution >= 0.6 is 24.8 Å². The fraction of sp³-hybridized carbons (Fsp3) is 0.750. The number of rotatable bonds is 0. The molecule has 0 nitrogen and oxygen atoms in total. The monoisotopic (exact) mass is 234 g/mol. The molecule has 0 radical (unpaired) electrons. The van der Waals surface area contributed by atoms with Crippen molar-refractivity contribution in [3.63, 3.8) is 0 Å². The maximum absolute atomic E-state index is 2.08. The second-order valence-electron chi connectivity index (χ2n) is 3.00. The minimum absolute atomic E-state index is 0. The van der Waals surface area contributed by atoms with Gasteiger partial charge < -0.3 is 11.8 Å².